The second-order valence-corrected chi connectivity index (χ2v) is 16.5. The van der Waals surface area contributed by atoms with Gasteiger partial charge in [-0.25, -0.2) is 0 Å². The summed E-state index contributed by atoms with van der Waals surface area (Å²) in [6.07, 6.45) is -37.5. The zero-order valence-electron chi connectivity index (χ0n) is 35.7. The quantitative estimate of drug-likeness (QED) is 0.0683. The van der Waals surface area contributed by atoms with E-state index in [1.165, 1.54) is 13.8 Å². The highest BCUT2D eigenvalue weighted by Gasteiger charge is 2.56. The minimum absolute atomic E-state index is 0.524. The van der Waals surface area contributed by atoms with Crippen molar-refractivity contribution >= 4 is 17.7 Å². The molecule has 5 aliphatic heterocycles. The van der Waals surface area contributed by atoms with E-state index in [9.17, 15) is 80.8 Å². The monoisotopic (exact) mass is 949 g/mol. The van der Waals surface area contributed by atoms with Crippen molar-refractivity contribution in [2.24, 2.45) is 0 Å². The van der Waals surface area contributed by atoms with Crippen molar-refractivity contribution in [3.63, 3.8) is 0 Å². The van der Waals surface area contributed by atoms with Gasteiger partial charge in [-0.15, -0.1) is 0 Å². The molecule has 0 aromatic heterocycles. The first-order valence-electron chi connectivity index (χ1n) is 20.9. The van der Waals surface area contributed by atoms with E-state index in [2.05, 4.69) is 16.0 Å². The number of hydrogen-bond donors (Lipinski definition) is 16. The highest BCUT2D eigenvalue weighted by Crippen LogP contribution is 2.34. The van der Waals surface area contributed by atoms with Gasteiger partial charge in [0.05, 0.1) is 45.2 Å². The van der Waals surface area contributed by atoms with Gasteiger partial charge in [0.2, 0.25) is 17.7 Å². The number of aliphatic hydroxyl groups is 13. The second kappa shape index (κ2) is 23.2. The molecule has 16 N–H and O–H groups in total. The van der Waals surface area contributed by atoms with Crippen LogP contribution in [0.5, 0.6) is 0 Å². The van der Waals surface area contributed by atoms with Gasteiger partial charge in [-0.1, -0.05) is 0 Å². The maximum Gasteiger partial charge on any atom is 0.217 e. The summed E-state index contributed by atoms with van der Waals surface area (Å²) in [7, 11) is 0. The van der Waals surface area contributed by atoms with Gasteiger partial charge in [0.1, 0.15) is 116 Å². The Balaban J connectivity index is 1.34. The first-order chi connectivity index (χ1) is 30.7. The van der Waals surface area contributed by atoms with Gasteiger partial charge in [-0.2, -0.15) is 0 Å². The summed E-state index contributed by atoms with van der Waals surface area (Å²) in [5, 5.41) is 146. The fourth-order valence-electron chi connectivity index (χ4n) is 8.37. The molecule has 0 aromatic carbocycles. The van der Waals surface area contributed by atoms with Crippen LogP contribution in [0.4, 0.5) is 0 Å². The largest absolute Gasteiger partial charge is 0.394 e. The van der Waals surface area contributed by atoms with E-state index < -0.39 is 204 Å². The Morgan fingerprint density at radius 3 is 1.32 bits per heavy atom. The van der Waals surface area contributed by atoms with Crippen LogP contribution in [0.3, 0.4) is 0 Å². The van der Waals surface area contributed by atoms with E-state index in [4.69, 9.17) is 42.6 Å². The van der Waals surface area contributed by atoms with E-state index in [1.807, 2.05) is 0 Å². The molecule has 5 aliphatic rings. The zero-order chi connectivity index (χ0) is 48.2. The summed E-state index contributed by atoms with van der Waals surface area (Å²) < 4.78 is 52.2. The van der Waals surface area contributed by atoms with Crippen molar-refractivity contribution in [2.45, 2.75) is 181 Å². The lowest BCUT2D eigenvalue weighted by Gasteiger charge is -2.49. The molecule has 3 amide bonds. The third-order valence-electron chi connectivity index (χ3n) is 11.8. The summed E-state index contributed by atoms with van der Waals surface area (Å²) in [5.41, 5.74) is 0. The van der Waals surface area contributed by atoms with Crippen LogP contribution < -0.4 is 16.0 Å². The molecule has 5 saturated heterocycles. The molecule has 0 spiro atoms. The van der Waals surface area contributed by atoms with Crippen molar-refractivity contribution in [2.75, 3.05) is 33.0 Å². The van der Waals surface area contributed by atoms with Crippen LogP contribution in [0.25, 0.3) is 0 Å². The summed E-state index contributed by atoms with van der Waals surface area (Å²) in [6, 6.07) is -4.17. The molecule has 0 aromatic rings. The molecular formula is C37H63N3O25. The minimum Gasteiger partial charge on any atom is -0.394 e. The topological polar surface area (TPSA) is 433 Å². The molecule has 5 heterocycles. The van der Waals surface area contributed by atoms with E-state index in [0.29, 0.717) is 0 Å². The standard InChI is InChI=1S/C37H63N3O25/c1-10-19(38-11(2)45)26(52)31(16(7-43)58-10)63-35-21(40-13(4)47)27(53)32(17(8-44)61-35)64-36-30(56)28(54)24(50)18(62-36)9-57-37-33(29(55)23(49)15(6-42)60-37)65-34-20(39-12(3)46)25(51)22(48)14(5-41)59-34/h10,14-37,41-44,48-56H,5-9H2,1-4H3,(H,38,45)(H,39,46)(H,40,47)/t10-,14-,15?,16?,17?,18?,19+,20?,21-,22+,23+,24+,25?,26?,27?,28-,29?,30?,31+,32+,33+,34-,35-,36-,37-/m0/s1. The van der Waals surface area contributed by atoms with Crippen LogP contribution in [-0.4, -0.2) is 270 Å². The number of nitrogens with one attached hydrogen (secondary N) is 3. The Morgan fingerprint density at radius 2 is 0.800 bits per heavy atom. The van der Waals surface area contributed by atoms with E-state index in [0.717, 1.165) is 13.8 Å². The summed E-state index contributed by atoms with van der Waals surface area (Å²) in [6.45, 7) is 0.717. The highest BCUT2D eigenvalue weighted by atomic mass is 16.8. The van der Waals surface area contributed by atoms with E-state index in [1.54, 1.807) is 0 Å². The zero-order valence-corrected chi connectivity index (χ0v) is 35.7. The van der Waals surface area contributed by atoms with E-state index in [-0.39, 0.29) is 0 Å². The number of aliphatic hydroxyl groups excluding tert-OH is 13. The van der Waals surface area contributed by atoms with Gasteiger partial charge in [0, 0.05) is 20.8 Å². The molecule has 0 aliphatic carbocycles. The maximum absolute atomic E-state index is 12.4. The predicted octanol–water partition coefficient (Wildman–Crippen LogP) is -10.4. The third kappa shape index (κ3) is 12.0. The number of carbonyl (C=O) groups excluding carboxylic acids is 3. The smallest absolute Gasteiger partial charge is 0.217 e. The Bertz CT molecular complexity index is 1560. The first kappa shape index (κ1) is 53.5. The Hall–Kier alpha value is -2.47. The molecule has 28 nitrogen and oxygen atoms in total. The molecule has 65 heavy (non-hydrogen) atoms. The molecule has 0 radical (unpaired) electrons. The molecular weight excluding hydrogens is 886 g/mol. The molecule has 5 fully saturated rings. The molecule has 10 unspecified atom stereocenters. The van der Waals surface area contributed by atoms with Crippen LogP contribution in [0.1, 0.15) is 27.7 Å². The average Bonchev–Trinajstić information content (AvgIpc) is 3.26. The van der Waals surface area contributed by atoms with Gasteiger partial charge in [0.15, 0.2) is 25.2 Å². The molecule has 0 bridgehead atoms. The predicted molar refractivity (Wildman–Crippen MR) is 205 cm³/mol. The summed E-state index contributed by atoms with van der Waals surface area (Å²) >= 11 is 0. The Morgan fingerprint density at radius 1 is 0.415 bits per heavy atom. The summed E-state index contributed by atoms with van der Waals surface area (Å²) in [4.78, 5) is 36.3. The third-order valence-corrected chi connectivity index (χ3v) is 11.8. The second-order valence-electron chi connectivity index (χ2n) is 16.5. The molecule has 25 atom stereocenters. The van der Waals surface area contributed by atoms with Crippen LogP contribution >= 0.6 is 0 Å². The van der Waals surface area contributed by atoms with Gasteiger partial charge >= 0.3 is 0 Å². The van der Waals surface area contributed by atoms with Gasteiger partial charge < -0.3 is 125 Å². The number of rotatable bonds is 16. The van der Waals surface area contributed by atoms with Gasteiger partial charge in [-0.3, -0.25) is 14.4 Å². The minimum atomic E-state index is -2.08. The van der Waals surface area contributed by atoms with Crippen LogP contribution in [0, 0.1) is 0 Å². The molecule has 376 valence electrons. The highest BCUT2D eigenvalue weighted by molar-refractivity contribution is 5.74. The lowest BCUT2D eigenvalue weighted by molar-refractivity contribution is -0.372. The van der Waals surface area contributed by atoms with Crippen LogP contribution in [0.15, 0.2) is 0 Å². The molecule has 5 rings (SSSR count). The first-order valence-corrected chi connectivity index (χ1v) is 20.9. The maximum atomic E-state index is 12.4. The van der Waals surface area contributed by atoms with Crippen molar-refractivity contribution in [3.8, 4) is 0 Å². The molecule has 0 saturated carbocycles. The number of ether oxygens (including phenoxy) is 9. The van der Waals surface area contributed by atoms with Crippen LogP contribution in [-0.2, 0) is 57.0 Å². The number of carbonyl (C=O) groups is 3. The fourth-order valence-corrected chi connectivity index (χ4v) is 8.37. The van der Waals surface area contributed by atoms with Crippen molar-refractivity contribution in [3.05, 3.63) is 0 Å². The molecule has 28 heteroatoms. The number of hydrogen-bond acceptors (Lipinski definition) is 25. The normalized spacial score (nSPS) is 47.1. The van der Waals surface area contributed by atoms with Crippen molar-refractivity contribution < 1.29 is 123 Å². The van der Waals surface area contributed by atoms with Crippen molar-refractivity contribution in [1.29, 1.82) is 0 Å². The average molecular weight is 950 g/mol. The lowest BCUT2D eigenvalue weighted by atomic mass is 9.92. The Labute approximate surface area is 370 Å². The number of amides is 3. The van der Waals surface area contributed by atoms with Gasteiger partial charge in [0.25, 0.3) is 0 Å². The lowest BCUT2D eigenvalue weighted by Crippen LogP contribution is -2.70. The van der Waals surface area contributed by atoms with Crippen molar-refractivity contribution in [1.82, 2.24) is 16.0 Å². The Kier molecular flexibility index (Phi) is 19.1. The van der Waals surface area contributed by atoms with Crippen LogP contribution in [0.2, 0.25) is 0 Å². The van der Waals surface area contributed by atoms with E-state index >= 15 is 0 Å². The summed E-state index contributed by atoms with van der Waals surface area (Å²) in [5.74, 6) is -1.98. The fraction of sp³-hybridized carbons (Fsp3) is 0.919. The SMILES string of the molecule is CC(=O)NC1C(O)[C@H](O)[C@H](CO)O[C@H]1O[C@@H]1C(O)[C@H](O)C(CO)O[C@@H]1OCC1O[C@@H](O[C@@H]2C(CO)O[C@@H](O[C@@H]3C(CO)O[C@@H](C)[C@@H](NC(C)=O)C3O)[C@@H](NC(C)=O)C2O)C(O)[C@@H](O)[C@@H]1O. The van der Waals surface area contributed by atoms with Gasteiger partial charge in [-0.05, 0) is 6.92 Å².